The molecule has 0 aliphatic heterocycles. The average Bonchev–Trinajstić information content (AvgIpc) is 2.72. The first-order valence-corrected chi connectivity index (χ1v) is 5.34. The van der Waals surface area contributed by atoms with Crippen molar-refractivity contribution >= 4 is 5.65 Å². The SMILES string of the molecule is Cc1cnc2cc(-c3ccccc3)ccn12. The maximum atomic E-state index is 4.37. The monoisotopic (exact) mass is 208 g/mol. The molecule has 78 valence electrons. The number of hydrogen-bond acceptors (Lipinski definition) is 1. The molecule has 2 heterocycles. The summed E-state index contributed by atoms with van der Waals surface area (Å²) in [7, 11) is 0. The van der Waals surface area contributed by atoms with Gasteiger partial charge in [0.15, 0.2) is 0 Å². The molecule has 0 radical (unpaired) electrons. The molecule has 0 amide bonds. The van der Waals surface area contributed by atoms with Crippen molar-refractivity contribution in [1.29, 1.82) is 0 Å². The van der Waals surface area contributed by atoms with Gasteiger partial charge in [0.2, 0.25) is 0 Å². The molecule has 0 unspecified atom stereocenters. The van der Waals surface area contributed by atoms with Crippen LogP contribution in [0.3, 0.4) is 0 Å². The number of pyridine rings is 1. The summed E-state index contributed by atoms with van der Waals surface area (Å²) in [4.78, 5) is 4.37. The molecule has 0 saturated heterocycles. The second-order valence-electron chi connectivity index (χ2n) is 3.91. The molecule has 1 aromatic carbocycles. The third-order valence-corrected chi connectivity index (χ3v) is 2.81. The van der Waals surface area contributed by atoms with E-state index in [4.69, 9.17) is 0 Å². The van der Waals surface area contributed by atoms with E-state index in [9.17, 15) is 0 Å². The van der Waals surface area contributed by atoms with Gasteiger partial charge in [-0.3, -0.25) is 0 Å². The van der Waals surface area contributed by atoms with Crippen molar-refractivity contribution in [1.82, 2.24) is 9.38 Å². The number of nitrogens with zero attached hydrogens (tertiary/aromatic N) is 2. The van der Waals surface area contributed by atoms with Crippen LogP contribution in [-0.4, -0.2) is 9.38 Å². The Morgan fingerprint density at radius 1 is 1.00 bits per heavy atom. The van der Waals surface area contributed by atoms with Crippen LogP contribution in [0.25, 0.3) is 16.8 Å². The highest BCUT2D eigenvalue weighted by atomic mass is 15.0. The maximum Gasteiger partial charge on any atom is 0.137 e. The summed E-state index contributed by atoms with van der Waals surface area (Å²) in [5.41, 5.74) is 4.60. The minimum atomic E-state index is 0.999. The Labute approximate surface area is 94.2 Å². The normalized spacial score (nSPS) is 10.8. The van der Waals surface area contributed by atoms with Gasteiger partial charge in [0.05, 0.1) is 0 Å². The summed E-state index contributed by atoms with van der Waals surface area (Å²) in [5, 5.41) is 0. The van der Waals surface area contributed by atoms with Gasteiger partial charge in [-0.2, -0.15) is 0 Å². The fourth-order valence-electron chi connectivity index (χ4n) is 1.92. The minimum Gasteiger partial charge on any atom is -0.304 e. The number of benzene rings is 1. The molecule has 2 heteroatoms. The van der Waals surface area contributed by atoms with Crippen LogP contribution in [0.2, 0.25) is 0 Å². The molecule has 0 aliphatic carbocycles. The van der Waals surface area contributed by atoms with Crippen LogP contribution >= 0.6 is 0 Å². The zero-order valence-corrected chi connectivity index (χ0v) is 9.09. The first-order valence-electron chi connectivity index (χ1n) is 5.34. The van der Waals surface area contributed by atoms with E-state index in [0.29, 0.717) is 0 Å². The lowest BCUT2D eigenvalue weighted by molar-refractivity contribution is 1.11. The molecule has 3 aromatic rings. The number of aromatic nitrogens is 2. The van der Waals surface area contributed by atoms with E-state index in [1.54, 1.807) is 0 Å². The Kier molecular flexibility index (Phi) is 2.00. The van der Waals surface area contributed by atoms with Crippen LogP contribution in [0.1, 0.15) is 5.69 Å². The van der Waals surface area contributed by atoms with E-state index in [2.05, 4.69) is 58.9 Å². The van der Waals surface area contributed by atoms with Crippen LogP contribution in [0.15, 0.2) is 54.9 Å². The van der Waals surface area contributed by atoms with Crippen molar-refractivity contribution in [2.75, 3.05) is 0 Å². The van der Waals surface area contributed by atoms with Crippen LogP contribution < -0.4 is 0 Å². The molecule has 0 bridgehead atoms. The van der Waals surface area contributed by atoms with Crippen LogP contribution in [0.4, 0.5) is 0 Å². The number of fused-ring (bicyclic) bond motifs is 1. The van der Waals surface area contributed by atoms with Crippen molar-refractivity contribution in [3.63, 3.8) is 0 Å². The van der Waals surface area contributed by atoms with Crippen molar-refractivity contribution < 1.29 is 0 Å². The third-order valence-electron chi connectivity index (χ3n) is 2.81. The van der Waals surface area contributed by atoms with E-state index in [1.165, 1.54) is 11.1 Å². The minimum absolute atomic E-state index is 0.999. The molecule has 0 saturated carbocycles. The van der Waals surface area contributed by atoms with Crippen molar-refractivity contribution in [2.45, 2.75) is 6.92 Å². The van der Waals surface area contributed by atoms with Crippen LogP contribution in [-0.2, 0) is 0 Å². The van der Waals surface area contributed by atoms with Gasteiger partial charge in [0, 0.05) is 18.1 Å². The van der Waals surface area contributed by atoms with Crippen LogP contribution in [0, 0.1) is 6.92 Å². The Hall–Kier alpha value is -2.09. The van der Waals surface area contributed by atoms with Gasteiger partial charge in [0.1, 0.15) is 5.65 Å². The number of imidazole rings is 1. The largest absolute Gasteiger partial charge is 0.304 e. The average molecular weight is 208 g/mol. The van der Waals surface area contributed by atoms with Crippen molar-refractivity contribution in [3.8, 4) is 11.1 Å². The molecular formula is C14H12N2. The Bertz CT molecular complexity index is 624. The van der Waals surface area contributed by atoms with E-state index in [-0.39, 0.29) is 0 Å². The second kappa shape index (κ2) is 3.49. The lowest BCUT2D eigenvalue weighted by Crippen LogP contribution is -1.87. The summed E-state index contributed by atoms with van der Waals surface area (Å²) >= 11 is 0. The fraction of sp³-hybridized carbons (Fsp3) is 0.0714. The quantitative estimate of drug-likeness (QED) is 0.599. The first kappa shape index (κ1) is 9.16. The van der Waals surface area contributed by atoms with E-state index < -0.39 is 0 Å². The standard InChI is InChI=1S/C14H12N2/c1-11-10-15-14-9-13(7-8-16(11)14)12-5-3-2-4-6-12/h2-10H,1H3. The molecule has 3 rings (SSSR count). The highest BCUT2D eigenvalue weighted by Crippen LogP contribution is 2.20. The fourth-order valence-corrected chi connectivity index (χ4v) is 1.92. The molecule has 0 atom stereocenters. The lowest BCUT2D eigenvalue weighted by Gasteiger charge is -2.02. The molecule has 0 spiro atoms. The van der Waals surface area contributed by atoms with Gasteiger partial charge in [-0.1, -0.05) is 30.3 Å². The third kappa shape index (κ3) is 1.39. The molecule has 2 aromatic heterocycles. The first-order chi connectivity index (χ1) is 7.84. The highest BCUT2D eigenvalue weighted by Gasteiger charge is 2.01. The van der Waals surface area contributed by atoms with E-state index in [1.807, 2.05) is 12.3 Å². The molecule has 0 N–H and O–H groups in total. The Morgan fingerprint density at radius 3 is 2.62 bits per heavy atom. The number of rotatable bonds is 1. The maximum absolute atomic E-state index is 4.37. The topological polar surface area (TPSA) is 17.3 Å². The van der Waals surface area contributed by atoms with E-state index >= 15 is 0 Å². The molecule has 0 fully saturated rings. The summed E-state index contributed by atoms with van der Waals surface area (Å²) in [6.07, 6.45) is 3.96. The predicted molar refractivity (Wildman–Crippen MR) is 65.4 cm³/mol. The molecule has 2 nitrogen and oxygen atoms in total. The van der Waals surface area contributed by atoms with Crippen molar-refractivity contribution in [3.05, 3.63) is 60.6 Å². The smallest absolute Gasteiger partial charge is 0.137 e. The highest BCUT2D eigenvalue weighted by molar-refractivity contribution is 5.67. The molecule has 16 heavy (non-hydrogen) atoms. The Morgan fingerprint density at radius 2 is 1.81 bits per heavy atom. The lowest BCUT2D eigenvalue weighted by atomic mass is 10.1. The van der Waals surface area contributed by atoms with Gasteiger partial charge in [-0.15, -0.1) is 0 Å². The summed E-state index contributed by atoms with van der Waals surface area (Å²) in [6, 6.07) is 14.6. The number of hydrogen-bond donors (Lipinski definition) is 0. The molecular weight excluding hydrogens is 196 g/mol. The summed E-state index contributed by atoms with van der Waals surface area (Å²) < 4.78 is 2.09. The van der Waals surface area contributed by atoms with Crippen molar-refractivity contribution in [2.24, 2.45) is 0 Å². The van der Waals surface area contributed by atoms with E-state index in [0.717, 1.165) is 11.3 Å². The number of aryl methyl sites for hydroxylation is 1. The van der Waals surface area contributed by atoms with Gasteiger partial charge < -0.3 is 4.40 Å². The summed E-state index contributed by atoms with van der Waals surface area (Å²) in [6.45, 7) is 2.06. The van der Waals surface area contributed by atoms with Crippen LogP contribution in [0.5, 0.6) is 0 Å². The van der Waals surface area contributed by atoms with Gasteiger partial charge in [-0.25, -0.2) is 4.98 Å². The van der Waals surface area contributed by atoms with Gasteiger partial charge in [-0.05, 0) is 30.2 Å². The Balaban J connectivity index is 2.19. The van der Waals surface area contributed by atoms with Gasteiger partial charge >= 0.3 is 0 Å². The summed E-state index contributed by atoms with van der Waals surface area (Å²) in [5.74, 6) is 0. The second-order valence-corrected chi connectivity index (χ2v) is 3.91. The molecule has 0 aliphatic rings. The zero-order chi connectivity index (χ0) is 11.0. The zero-order valence-electron chi connectivity index (χ0n) is 9.09. The predicted octanol–water partition coefficient (Wildman–Crippen LogP) is 3.31. The van der Waals surface area contributed by atoms with Gasteiger partial charge in [0.25, 0.3) is 0 Å².